The van der Waals surface area contributed by atoms with E-state index in [9.17, 15) is 28.2 Å². The van der Waals surface area contributed by atoms with E-state index in [4.69, 9.17) is 13.1 Å². The molecule has 0 heterocycles. The van der Waals surface area contributed by atoms with Gasteiger partial charge in [0, 0.05) is 17.9 Å². The summed E-state index contributed by atoms with van der Waals surface area (Å²) in [6.45, 7) is 5.88. The summed E-state index contributed by atoms with van der Waals surface area (Å²) in [5, 5.41) is 2.57. The van der Waals surface area contributed by atoms with Crippen LogP contribution in [0.2, 0.25) is 0 Å². The second kappa shape index (κ2) is 15.8. The summed E-state index contributed by atoms with van der Waals surface area (Å²) >= 11 is 0. The minimum Gasteiger partial charge on any atom is -0.778 e. The molecule has 0 aromatic rings. The Balaban J connectivity index is 0. The maximum atomic E-state index is 13.0. The predicted molar refractivity (Wildman–Crippen MR) is 110 cm³/mol. The van der Waals surface area contributed by atoms with Crippen molar-refractivity contribution >= 4 is 34.7 Å². The van der Waals surface area contributed by atoms with Crippen LogP contribution in [0.4, 0.5) is 0 Å². The first-order chi connectivity index (χ1) is 13.8. The molecule has 15 heteroatoms. The van der Waals surface area contributed by atoms with Gasteiger partial charge in [0.1, 0.15) is 14.1 Å². The maximum absolute atomic E-state index is 13.0. The van der Waals surface area contributed by atoms with E-state index in [-0.39, 0.29) is 73.0 Å². The summed E-state index contributed by atoms with van der Waals surface area (Å²) in [6.07, 6.45) is 0.851. The molecule has 1 N–H and O–H groups in total. The van der Waals surface area contributed by atoms with Crippen molar-refractivity contribution in [1.82, 2.24) is 5.32 Å². The number of carbonyl (C=O) groups is 2. The summed E-state index contributed by atoms with van der Waals surface area (Å²) in [4.78, 5) is 35.2. The van der Waals surface area contributed by atoms with Gasteiger partial charge in [-0.2, -0.15) is 0 Å². The van der Waals surface area contributed by atoms with E-state index in [1.165, 1.54) is 14.0 Å². The molecule has 0 rings (SSSR count). The van der Waals surface area contributed by atoms with Gasteiger partial charge in [0.25, 0.3) is 0 Å². The third kappa shape index (κ3) is 14.7. The van der Waals surface area contributed by atoms with Crippen molar-refractivity contribution < 1.29 is 75.6 Å². The van der Waals surface area contributed by atoms with Crippen molar-refractivity contribution in [3.8, 4) is 0 Å². The van der Waals surface area contributed by atoms with Crippen LogP contribution in [0.1, 0.15) is 47.0 Å². The zero-order valence-electron chi connectivity index (χ0n) is 19.0. The number of hydrogen-bond acceptors (Lipinski definition) is 11. The van der Waals surface area contributed by atoms with Gasteiger partial charge in [-0.1, -0.05) is 20.8 Å². The van der Waals surface area contributed by atoms with Crippen LogP contribution in [0.25, 0.3) is 0 Å². The van der Waals surface area contributed by atoms with Crippen LogP contribution in [0, 0.1) is 0 Å². The van der Waals surface area contributed by atoms with Crippen molar-refractivity contribution in [3.05, 3.63) is 11.8 Å². The Morgan fingerprint density at radius 3 is 1.94 bits per heavy atom. The van der Waals surface area contributed by atoms with Crippen LogP contribution in [0.15, 0.2) is 11.8 Å². The van der Waals surface area contributed by atoms with Crippen molar-refractivity contribution in [1.29, 1.82) is 0 Å². The summed E-state index contributed by atoms with van der Waals surface area (Å²) < 4.78 is 57.2. The van der Waals surface area contributed by atoms with Crippen molar-refractivity contribution in [2.75, 3.05) is 32.1 Å². The Hall–Kier alpha value is 0.0500. The molecular formula is C16H31NNaO10P3. The Labute approximate surface area is 205 Å². The predicted octanol–water partition coefficient (Wildman–Crippen LogP) is 0.403. The Kier molecular flexibility index (Phi) is 16.9. The maximum Gasteiger partial charge on any atom is 1.00 e. The Morgan fingerprint density at radius 1 is 0.935 bits per heavy atom. The van der Waals surface area contributed by atoms with Gasteiger partial charge in [-0.05, 0) is 26.2 Å². The van der Waals surface area contributed by atoms with Gasteiger partial charge in [0.15, 0.2) is 0 Å². The van der Waals surface area contributed by atoms with Crippen LogP contribution in [-0.2, 0) is 41.2 Å². The van der Waals surface area contributed by atoms with Gasteiger partial charge in [0.2, 0.25) is 0 Å². The van der Waals surface area contributed by atoms with Gasteiger partial charge < -0.3 is 24.0 Å². The van der Waals surface area contributed by atoms with Gasteiger partial charge in [-0.3, -0.25) is 8.88 Å². The molecule has 0 aliphatic heterocycles. The summed E-state index contributed by atoms with van der Waals surface area (Å²) in [6, 6.07) is 0. The molecule has 0 aromatic carbocycles. The molecule has 0 aliphatic carbocycles. The molecule has 0 amide bonds. The van der Waals surface area contributed by atoms with Gasteiger partial charge in [-0.15, -0.1) is 0 Å². The van der Waals surface area contributed by atoms with Crippen LogP contribution in [0.3, 0.4) is 0 Å². The molecular weight excluding hydrogens is 482 g/mol. The standard InChI is InChI=1S/C16H32NO10P3.Na/c1-6-9-28(20,21)26-30(23,11-8-3)27-29(22,10-7-2)25-16(19)13-17-14(4)12-15(18)24-5;/h12,17H,6-11,13H2,1-5H3,(H,20,21);/q;+1/p-1/b14-12-;. The third-order valence-corrected chi connectivity index (χ3v) is 10.7. The summed E-state index contributed by atoms with van der Waals surface area (Å²) in [7, 11) is -11.9. The van der Waals surface area contributed by atoms with E-state index < -0.39 is 41.3 Å². The van der Waals surface area contributed by atoms with Crippen LogP contribution in [-0.4, -0.2) is 44.1 Å². The zero-order chi connectivity index (χ0) is 23.4. The largest absolute Gasteiger partial charge is 1.00 e. The van der Waals surface area contributed by atoms with Gasteiger partial charge in [0.05, 0.1) is 19.4 Å². The molecule has 3 unspecified atom stereocenters. The molecule has 0 bridgehead atoms. The second-order valence-electron chi connectivity index (χ2n) is 6.33. The fraction of sp³-hybridized carbons (Fsp3) is 0.750. The van der Waals surface area contributed by atoms with Crippen LogP contribution >= 0.6 is 22.8 Å². The van der Waals surface area contributed by atoms with E-state index in [1.54, 1.807) is 20.8 Å². The summed E-state index contributed by atoms with van der Waals surface area (Å²) in [5.74, 6) is -1.65. The van der Waals surface area contributed by atoms with E-state index >= 15 is 0 Å². The average Bonchev–Trinajstić information content (AvgIpc) is 2.58. The SMILES string of the molecule is CCCP(=O)([O-])OP(=O)(CCC)OP(=O)(CCC)OC(=O)CN/C(C)=C\C(=O)OC.[Na+]. The third-order valence-electron chi connectivity index (χ3n) is 3.28. The molecule has 0 spiro atoms. The first kappa shape index (κ1) is 33.2. The Morgan fingerprint density at radius 2 is 1.45 bits per heavy atom. The molecule has 0 saturated heterocycles. The summed E-state index contributed by atoms with van der Waals surface area (Å²) in [5.41, 5.74) is 0.289. The van der Waals surface area contributed by atoms with E-state index in [2.05, 4.69) is 10.1 Å². The first-order valence-electron chi connectivity index (χ1n) is 9.47. The smallest absolute Gasteiger partial charge is 0.778 e. The topological polar surface area (TPSA) is 157 Å². The van der Waals surface area contributed by atoms with Gasteiger partial charge in [-0.25, -0.2) is 18.5 Å². The molecule has 31 heavy (non-hydrogen) atoms. The van der Waals surface area contributed by atoms with Crippen molar-refractivity contribution in [2.45, 2.75) is 47.0 Å². The van der Waals surface area contributed by atoms with Crippen molar-refractivity contribution in [3.63, 3.8) is 0 Å². The van der Waals surface area contributed by atoms with E-state index in [0.717, 1.165) is 6.08 Å². The second-order valence-corrected chi connectivity index (χ2v) is 12.8. The molecule has 176 valence electrons. The number of esters is 1. The Bertz CT molecular complexity index is 758. The quantitative estimate of drug-likeness (QED) is 0.140. The normalized spacial score (nSPS) is 17.3. The number of ether oxygens (including phenoxy) is 1. The minimum atomic E-state index is -4.49. The molecule has 0 saturated carbocycles. The van der Waals surface area contributed by atoms with Crippen molar-refractivity contribution in [2.24, 2.45) is 0 Å². The molecule has 11 nitrogen and oxygen atoms in total. The number of nitrogens with one attached hydrogen (secondary N) is 1. The molecule has 0 aromatic heterocycles. The minimum absolute atomic E-state index is 0. The van der Waals surface area contributed by atoms with E-state index in [0.29, 0.717) is 0 Å². The molecule has 3 atom stereocenters. The number of rotatable bonds is 15. The zero-order valence-corrected chi connectivity index (χ0v) is 23.6. The molecule has 0 fully saturated rings. The average molecular weight is 513 g/mol. The fourth-order valence-corrected chi connectivity index (χ4v) is 9.10. The molecule has 0 aliphatic rings. The number of allylic oxidation sites excluding steroid dienone is 1. The number of methoxy groups -OCH3 is 1. The monoisotopic (exact) mass is 513 g/mol. The first-order valence-corrected chi connectivity index (χ1v) is 14.7. The van der Waals surface area contributed by atoms with Crippen LogP contribution < -0.4 is 39.8 Å². The fourth-order valence-electron chi connectivity index (χ4n) is 2.13. The van der Waals surface area contributed by atoms with Crippen LogP contribution in [0.5, 0.6) is 0 Å². The number of carbonyl (C=O) groups excluding carboxylic acids is 2. The molecule has 0 radical (unpaired) electrons. The van der Waals surface area contributed by atoms with Gasteiger partial charge >= 0.3 is 56.7 Å². The number of hydrogen-bond donors (Lipinski definition) is 1. The van der Waals surface area contributed by atoms with E-state index in [1.807, 2.05) is 0 Å².